The molecule has 6 nitrogen and oxygen atoms in total. The molecule has 4 rings (SSSR count). The van der Waals surface area contributed by atoms with Crippen LogP contribution >= 0.6 is 0 Å². The first-order valence-electron chi connectivity index (χ1n) is 10.2. The number of aryl methyl sites for hydroxylation is 2. The van der Waals surface area contributed by atoms with Gasteiger partial charge in [0.05, 0.1) is 24.6 Å². The lowest BCUT2D eigenvalue weighted by atomic mass is 10.0. The number of methoxy groups -OCH3 is 1. The predicted molar refractivity (Wildman–Crippen MR) is 123 cm³/mol. The normalized spacial score (nSPS) is 10.8. The molecule has 0 saturated carbocycles. The molecule has 0 saturated heterocycles. The number of carbonyl (C=O) groups is 2. The number of ether oxygens (including phenoxy) is 1. The molecule has 2 heterocycles. The molecule has 0 spiro atoms. The van der Waals surface area contributed by atoms with E-state index in [1.807, 2.05) is 26.0 Å². The third kappa shape index (κ3) is 4.07. The second kappa shape index (κ2) is 8.59. The summed E-state index contributed by atoms with van der Waals surface area (Å²) in [5.74, 6) is 0.0543. The fourth-order valence-corrected chi connectivity index (χ4v) is 3.53. The zero-order valence-electron chi connectivity index (χ0n) is 18.1. The van der Waals surface area contributed by atoms with Crippen LogP contribution in [0.15, 0.2) is 71.7 Å². The van der Waals surface area contributed by atoms with Crippen molar-refractivity contribution < 1.29 is 14.3 Å². The fourth-order valence-electron chi connectivity index (χ4n) is 3.53. The highest BCUT2D eigenvalue weighted by molar-refractivity contribution is 6.10. The lowest BCUT2D eigenvalue weighted by Crippen LogP contribution is -2.22. The Morgan fingerprint density at radius 2 is 1.56 bits per heavy atom. The van der Waals surface area contributed by atoms with Gasteiger partial charge in [-0.05, 0) is 50.2 Å². The Morgan fingerprint density at radius 3 is 2.22 bits per heavy atom. The van der Waals surface area contributed by atoms with Gasteiger partial charge in [-0.2, -0.15) is 0 Å². The maximum Gasteiger partial charge on any atom is 0.202 e. The highest BCUT2D eigenvalue weighted by Crippen LogP contribution is 2.17. The monoisotopic (exact) mass is 426 g/mol. The standard InChI is InChI=1S/C26H22N2O4/c1-16-4-7-18(8-5-16)23(29)15-28-14-22(24(30)19-9-11-20(32-3)12-10-19)25(31)21-13-6-17(2)27-26(21)28/h4-14H,15H2,1-3H3. The zero-order valence-corrected chi connectivity index (χ0v) is 18.1. The largest absolute Gasteiger partial charge is 0.497 e. The van der Waals surface area contributed by atoms with Crippen LogP contribution in [0, 0.1) is 13.8 Å². The van der Waals surface area contributed by atoms with E-state index >= 15 is 0 Å². The van der Waals surface area contributed by atoms with Gasteiger partial charge >= 0.3 is 0 Å². The number of pyridine rings is 2. The number of aromatic nitrogens is 2. The van der Waals surface area contributed by atoms with Crippen LogP contribution in [0.25, 0.3) is 11.0 Å². The van der Waals surface area contributed by atoms with E-state index in [1.54, 1.807) is 60.2 Å². The van der Waals surface area contributed by atoms with Crippen LogP contribution in [0.1, 0.15) is 37.5 Å². The van der Waals surface area contributed by atoms with E-state index in [0.717, 1.165) is 5.56 Å². The number of ketones is 2. The Kier molecular flexibility index (Phi) is 5.69. The summed E-state index contributed by atoms with van der Waals surface area (Å²) in [6.07, 6.45) is 1.44. The van der Waals surface area contributed by atoms with Gasteiger partial charge in [-0.1, -0.05) is 29.8 Å². The molecule has 0 unspecified atom stereocenters. The molecule has 0 radical (unpaired) electrons. The van der Waals surface area contributed by atoms with Gasteiger partial charge in [0, 0.05) is 23.0 Å². The minimum Gasteiger partial charge on any atom is -0.497 e. The smallest absolute Gasteiger partial charge is 0.202 e. The van der Waals surface area contributed by atoms with E-state index < -0.39 is 11.2 Å². The predicted octanol–water partition coefficient (Wildman–Crippen LogP) is 4.14. The molecule has 0 N–H and O–H groups in total. The summed E-state index contributed by atoms with van der Waals surface area (Å²) in [5, 5.41) is 0.298. The van der Waals surface area contributed by atoms with Crippen molar-refractivity contribution in [1.82, 2.24) is 9.55 Å². The second-order valence-corrected chi connectivity index (χ2v) is 7.67. The molecule has 4 aromatic rings. The van der Waals surface area contributed by atoms with Gasteiger partial charge < -0.3 is 9.30 Å². The number of fused-ring (bicyclic) bond motifs is 1. The molecule has 0 atom stereocenters. The average molecular weight is 426 g/mol. The van der Waals surface area contributed by atoms with E-state index in [2.05, 4.69) is 4.98 Å². The number of carbonyl (C=O) groups excluding carboxylic acids is 2. The lowest BCUT2D eigenvalue weighted by molar-refractivity contribution is 0.0970. The summed E-state index contributed by atoms with van der Waals surface area (Å²) in [7, 11) is 1.54. The number of hydrogen-bond donors (Lipinski definition) is 0. The van der Waals surface area contributed by atoms with Crippen LogP contribution in [-0.4, -0.2) is 28.2 Å². The topological polar surface area (TPSA) is 78.3 Å². The molecule has 6 heteroatoms. The molecule has 0 aliphatic rings. The van der Waals surface area contributed by atoms with Gasteiger partial charge in [-0.25, -0.2) is 4.98 Å². The fraction of sp³-hybridized carbons (Fsp3) is 0.154. The molecule has 0 amide bonds. The molecular weight excluding hydrogens is 404 g/mol. The average Bonchev–Trinajstić information content (AvgIpc) is 2.80. The van der Waals surface area contributed by atoms with E-state index in [4.69, 9.17) is 4.74 Å². The van der Waals surface area contributed by atoms with Crippen LogP contribution < -0.4 is 10.2 Å². The number of nitrogens with zero attached hydrogens (tertiary/aromatic N) is 2. The van der Waals surface area contributed by atoms with Gasteiger partial charge in [0.1, 0.15) is 11.4 Å². The molecule has 0 fully saturated rings. The molecule has 2 aromatic heterocycles. The zero-order chi connectivity index (χ0) is 22.8. The van der Waals surface area contributed by atoms with E-state index in [0.29, 0.717) is 33.6 Å². The first-order chi connectivity index (χ1) is 15.4. The summed E-state index contributed by atoms with van der Waals surface area (Å²) < 4.78 is 6.72. The van der Waals surface area contributed by atoms with Crippen molar-refractivity contribution in [2.45, 2.75) is 20.4 Å². The summed E-state index contributed by atoms with van der Waals surface area (Å²) in [6, 6.07) is 17.2. The molecule has 2 aromatic carbocycles. The van der Waals surface area contributed by atoms with Crippen molar-refractivity contribution in [3.63, 3.8) is 0 Å². The molecule has 0 aliphatic carbocycles. The number of Topliss-reactive ketones (excluding diaryl/α,β-unsaturated/α-hetero) is 1. The van der Waals surface area contributed by atoms with Crippen molar-refractivity contribution in [3.8, 4) is 5.75 Å². The van der Waals surface area contributed by atoms with Crippen LogP contribution in [-0.2, 0) is 6.54 Å². The SMILES string of the molecule is COc1ccc(C(=O)c2cn(CC(=O)c3ccc(C)cc3)c3nc(C)ccc3c2=O)cc1. The minimum absolute atomic E-state index is 0.00924. The van der Waals surface area contributed by atoms with Gasteiger partial charge in [-0.15, -0.1) is 0 Å². The van der Waals surface area contributed by atoms with Gasteiger partial charge in [0.2, 0.25) is 5.43 Å². The first-order valence-corrected chi connectivity index (χ1v) is 10.2. The Bertz CT molecular complexity index is 1380. The highest BCUT2D eigenvalue weighted by atomic mass is 16.5. The van der Waals surface area contributed by atoms with Crippen molar-refractivity contribution in [3.05, 3.63) is 105 Å². The van der Waals surface area contributed by atoms with Crippen LogP contribution in [0.3, 0.4) is 0 Å². The van der Waals surface area contributed by atoms with Gasteiger partial charge in [0.15, 0.2) is 11.6 Å². The maximum absolute atomic E-state index is 13.2. The second-order valence-electron chi connectivity index (χ2n) is 7.67. The maximum atomic E-state index is 13.2. The van der Waals surface area contributed by atoms with E-state index in [9.17, 15) is 14.4 Å². The van der Waals surface area contributed by atoms with E-state index in [1.165, 1.54) is 6.20 Å². The third-order valence-corrected chi connectivity index (χ3v) is 5.34. The molecule has 0 bridgehead atoms. The summed E-state index contributed by atoms with van der Waals surface area (Å²) in [4.78, 5) is 43.7. The Hall–Kier alpha value is -4.06. The first kappa shape index (κ1) is 21.2. The molecule has 32 heavy (non-hydrogen) atoms. The molecular formula is C26H22N2O4. The van der Waals surface area contributed by atoms with Gasteiger partial charge in [-0.3, -0.25) is 14.4 Å². The number of rotatable bonds is 6. The van der Waals surface area contributed by atoms with Crippen molar-refractivity contribution >= 4 is 22.6 Å². The quantitative estimate of drug-likeness (QED) is 0.433. The third-order valence-electron chi connectivity index (χ3n) is 5.34. The number of benzene rings is 2. The van der Waals surface area contributed by atoms with Crippen LogP contribution in [0.5, 0.6) is 5.75 Å². The molecule has 0 aliphatic heterocycles. The van der Waals surface area contributed by atoms with Crippen molar-refractivity contribution in [2.75, 3.05) is 7.11 Å². The van der Waals surface area contributed by atoms with Crippen molar-refractivity contribution in [2.24, 2.45) is 0 Å². The summed E-state index contributed by atoms with van der Waals surface area (Å²) >= 11 is 0. The highest BCUT2D eigenvalue weighted by Gasteiger charge is 2.19. The van der Waals surface area contributed by atoms with Gasteiger partial charge in [0.25, 0.3) is 0 Å². The van der Waals surface area contributed by atoms with Crippen LogP contribution in [0.4, 0.5) is 0 Å². The summed E-state index contributed by atoms with van der Waals surface area (Å²) in [6.45, 7) is 3.72. The Balaban J connectivity index is 1.82. The Labute approximate surface area is 185 Å². The minimum atomic E-state index is -0.420. The van der Waals surface area contributed by atoms with Crippen molar-refractivity contribution in [1.29, 1.82) is 0 Å². The molecule has 160 valence electrons. The van der Waals surface area contributed by atoms with E-state index in [-0.39, 0.29) is 17.9 Å². The Morgan fingerprint density at radius 1 is 0.906 bits per heavy atom. The summed E-state index contributed by atoms with van der Waals surface area (Å²) in [5.41, 5.74) is 2.64. The number of hydrogen-bond acceptors (Lipinski definition) is 5. The van der Waals surface area contributed by atoms with Crippen LogP contribution in [0.2, 0.25) is 0 Å². The lowest BCUT2D eigenvalue weighted by Gasteiger charge is -2.13.